The Bertz CT molecular complexity index is 646. The Balaban J connectivity index is 2.01. The minimum Gasteiger partial charge on any atom is -0.450 e. The smallest absolute Gasteiger partial charge is 0.411 e. The summed E-state index contributed by atoms with van der Waals surface area (Å²) in [5.41, 5.74) is 0.929. The summed E-state index contributed by atoms with van der Waals surface area (Å²) in [4.78, 5) is 13.5. The number of amides is 1. The fourth-order valence-electron chi connectivity index (χ4n) is 2.76. The van der Waals surface area contributed by atoms with Crippen LogP contribution in [0.5, 0.6) is 0 Å². The van der Waals surface area contributed by atoms with E-state index in [1.165, 1.54) is 6.07 Å². The van der Waals surface area contributed by atoms with Crippen molar-refractivity contribution in [1.29, 1.82) is 0 Å². The predicted octanol–water partition coefficient (Wildman–Crippen LogP) is 4.99. The van der Waals surface area contributed by atoms with Crippen molar-refractivity contribution in [3.8, 4) is 0 Å². The minimum atomic E-state index is -1.83. The van der Waals surface area contributed by atoms with E-state index in [0.29, 0.717) is 17.9 Å². The molecule has 1 N–H and O–H groups in total. The zero-order valence-corrected chi connectivity index (χ0v) is 17.7. The van der Waals surface area contributed by atoms with Gasteiger partial charge in [-0.25, -0.2) is 9.18 Å². The van der Waals surface area contributed by atoms with Crippen LogP contribution in [-0.4, -0.2) is 40.2 Å². The zero-order valence-electron chi connectivity index (χ0n) is 16.7. The van der Waals surface area contributed by atoms with Crippen molar-refractivity contribution in [3.05, 3.63) is 24.0 Å². The molecular weight excluding hydrogens is 351 g/mol. The molecule has 1 aliphatic heterocycles. The Kier molecular flexibility index (Phi) is 6.34. The fraction of sp³-hybridized carbons (Fsp3) is 0.632. The average Bonchev–Trinajstić information content (AvgIpc) is 2.93. The van der Waals surface area contributed by atoms with Gasteiger partial charge in [0.25, 0.3) is 0 Å². The molecule has 0 unspecified atom stereocenters. The highest BCUT2D eigenvalue weighted by Crippen LogP contribution is 2.38. The molecule has 1 aliphatic rings. The van der Waals surface area contributed by atoms with E-state index in [9.17, 15) is 9.18 Å². The Morgan fingerprint density at radius 3 is 2.65 bits per heavy atom. The van der Waals surface area contributed by atoms with Gasteiger partial charge >= 0.3 is 6.09 Å². The van der Waals surface area contributed by atoms with Gasteiger partial charge in [-0.2, -0.15) is 0 Å². The van der Waals surface area contributed by atoms with Crippen molar-refractivity contribution in [2.75, 3.05) is 29.9 Å². The van der Waals surface area contributed by atoms with Gasteiger partial charge in [-0.05, 0) is 49.7 Å². The van der Waals surface area contributed by atoms with Gasteiger partial charge in [0.1, 0.15) is 5.82 Å². The number of carbonyl (C=O) groups is 1. The lowest BCUT2D eigenvalue weighted by Crippen LogP contribution is -2.44. The minimum absolute atomic E-state index is 0.132. The summed E-state index contributed by atoms with van der Waals surface area (Å²) < 4.78 is 25.8. The second-order valence-corrected chi connectivity index (χ2v) is 13.0. The maximum atomic E-state index is 14.5. The van der Waals surface area contributed by atoms with E-state index >= 15 is 0 Å². The fourth-order valence-corrected chi connectivity index (χ4v) is 4.14. The third-order valence-electron chi connectivity index (χ3n) is 5.22. The van der Waals surface area contributed by atoms with E-state index < -0.39 is 14.4 Å². The molecule has 1 heterocycles. The SMILES string of the molecule is CCOC(=O)Nc1ccc(N2CC[C@@H](O[Si](C)(C)C(C)(C)C)C2)c(F)c1. The molecule has 0 spiro atoms. The molecule has 7 heteroatoms. The summed E-state index contributed by atoms with van der Waals surface area (Å²) in [6.45, 7) is 14.6. The monoisotopic (exact) mass is 382 g/mol. The molecule has 5 nitrogen and oxygen atoms in total. The number of nitrogens with zero attached hydrogens (tertiary/aromatic N) is 1. The van der Waals surface area contributed by atoms with Crippen LogP contribution in [0.3, 0.4) is 0 Å². The Labute approximate surface area is 157 Å². The van der Waals surface area contributed by atoms with E-state index in [2.05, 4.69) is 39.2 Å². The molecule has 0 saturated carbocycles. The summed E-state index contributed by atoms with van der Waals surface area (Å²) in [5, 5.41) is 2.68. The van der Waals surface area contributed by atoms with Crippen molar-refractivity contribution in [1.82, 2.24) is 0 Å². The summed E-state index contributed by atoms with van der Waals surface area (Å²) in [6, 6.07) is 4.72. The Morgan fingerprint density at radius 1 is 1.38 bits per heavy atom. The summed E-state index contributed by atoms with van der Waals surface area (Å²) in [5.74, 6) is -0.354. The topological polar surface area (TPSA) is 50.8 Å². The third-order valence-corrected chi connectivity index (χ3v) is 9.76. The highest BCUT2D eigenvalue weighted by molar-refractivity contribution is 6.74. The summed E-state index contributed by atoms with van der Waals surface area (Å²) >= 11 is 0. The van der Waals surface area contributed by atoms with Crippen molar-refractivity contribution in [2.45, 2.75) is 58.4 Å². The van der Waals surface area contributed by atoms with Crippen LogP contribution in [0.15, 0.2) is 18.2 Å². The first-order valence-electron chi connectivity index (χ1n) is 9.19. The number of halogens is 1. The van der Waals surface area contributed by atoms with Crippen molar-refractivity contribution < 1.29 is 18.3 Å². The molecule has 1 amide bonds. The Hall–Kier alpha value is -1.60. The number of ether oxygens (including phenoxy) is 1. The molecule has 1 saturated heterocycles. The second kappa shape index (κ2) is 7.96. The standard InChI is InChI=1S/C19H31FN2O3Si/c1-7-24-18(23)21-14-8-9-17(16(20)12-14)22-11-10-15(13-22)25-26(5,6)19(2,3)4/h8-9,12,15H,7,10-11,13H2,1-6H3,(H,21,23)/t15-/m1/s1. The Morgan fingerprint density at radius 2 is 2.08 bits per heavy atom. The van der Waals surface area contributed by atoms with Crippen molar-refractivity contribution >= 4 is 25.8 Å². The highest BCUT2D eigenvalue weighted by Gasteiger charge is 2.40. The van der Waals surface area contributed by atoms with Crippen molar-refractivity contribution in [2.24, 2.45) is 0 Å². The van der Waals surface area contributed by atoms with E-state index in [4.69, 9.17) is 9.16 Å². The molecule has 1 aromatic rings. The van der Waals surface area contributed by atoms with Crippen LogP contribution in [0.4, 0.5) is 20.6 Å². The van der Waals surface area contributed by atoms with Crippen LogP contribution >= 0.6 is 0 Å². The van der Waals surface area contributed by atoms with Gasteiger partial charge < -0.3 is 14.1 Å². The van der Waals surface area contributed by atoms with Gasteiger partial charge in [0.05, 0.1) is 18.4 Å². The molecule has 26 heavy (non-hydrogen) atoms. The molecule has 1 atom stereocenters. The first-order chi connectivity index (χ1) is 12.0. The summed E-state index contributed by atoms with van der Waals surface area (Å²) in [7, 11) is -1.83. The number of benzene rings is 1. The second-order valence-electron chi connectivity index (χ2n) is 8.25. The normalized spacial score (nSPS) is 18.1. The predicted molar refractivity (Wildman–Crippen MR) is 106 cm³/mol. The molecule has 0 radical (unpaired) electrons. The number of hydrogen-bond acceptors (Lipinski definition) is 4. The van der Waals surface area contributed by atoms with Gasteiger partial charge in [0.2, 0.25) is 0 Å². The van der Waals surface area contributed by atoms with Crippen LogP contribution < -0.4 is 10.2 Å². The number of rotatable bonds is 5. The third kappa shape index (κ3) is 4.98. The van der Waals surface area contributed by atoms with E-state index in [1.807, 2.05) is 4.90 Å². The van der Waals surface area contributed by atoms with E-state index in [1.54, 1.807) is 19.1 Å². The molecule has 1 aromatic carbocycles. The van der Waals surface area contributed by atoms with E-state index in [-0.39, 0.29) is 23.6 Å². The first kappa shape index (κ1) is 20.7. The molecule has 0 aliphatic carbocycles. The van der Waals surface area contributed by atoms with Crippen LogP contribution in [-0.2, 0) is 9.16 Å². The average molecular weight is 383 g/mol. The zero-order chi connectivity index (χ0) is 19.5. The molecular formula is C19H31FN2O3Si. The molecule has 0 aromatic heterocycles. The lowest BCUT2D eigenvalue weighted by atomic mass is 10.2. The van der Waals surface area contributed by atoms with E-state index in [0.717, 1.165) is 13.0 Å². The maximum Gasteiger partial charge on any atom is 0.411 e. The molecule has 146 valence electrons. The van der Waals surface area contributed by atoms with Crippen LogP contribution in [0.2, 0.25) is 18.1 Å². The highest BCUT2D eigenvalue weighted by atomic mass is 28.4. The van der Waals surface area contributed by atoms with Crippen LogP contribution in [0.1, 0.15) is 34.1 Å². The lowest BCUT2D eigenvalue weighted by molar-refractivity contribution is 0.168. The van der Waals surface area contributed by atoms with Crippen LogP contribution in [0.25, 0.3) is 0 Å². The van der Waals surface area contributed by atoms with Crippen molar-refractivity contribution in [3.63, 3.8) is 0 Å². The number of carbonyl (C=O) groups excluding carboxylic acids is 1. The van der Waals surface area contributed by atoms with Gasteiger partial charge in [0.15, 0.2) is 8.32 Å². The van der Waals surface area contributed by atoms with Gasteiger partial charge in [-0.3, -0.25) is 5.32 Å². The number of anilines is 2. The van der Waals surface area contributed by atoms with Gasteiger partial charge in [0, 0.05) is 18.8 Å². The molecule has 0 bridgehead atoms. The quantitative estimate of drug-likeness (QED) is 0.729. The molecule has 2 rings (SSSR count). The lowest BCUT2D eigenvalue weighted by Gasteiger charge is -2.38. The first-order valence-corrected chi connectivity index (χ1v) is 12.1. The number of hydrogen-bond donors (Lipinski definition) is 1. The number of nitrogens with one attached hydrogen (secondary N) is 1. The van der Waals surface area contributed by atoms with Gasteiger partial charge in [-0.15, -0.1) is 0 Å². The largest absolute Gasteiger partial charge is 0.450 e. The van der Waals surface area contributed by atoms with Crippen LogP contribution in [0, 0.1) is 5.82 Å². The maximum absolute atomic E-state index is 14.5. The van der Waals surface area contributed by atoms with Gasteiger partial charge in [-0.1, -0.05) is 20.8 Å². The molecule has 1 fully saturated rings. The summed E-state index contributed by atoms with van der Waals surface area (Å²) in [6.07, 6.45) is 0.450.